The average molecular weight is 443 g/mol. The number of alkyl halides is 1. The fourth-order valence-electron chi connectivity index (χ4n) is 2.27. The molecule has 3 aromatic rings. The van der Waals surface area contributed by atoms with E-state index >= 15 is 0 Å². The van der Waals surface area contributed by atoms with Crippen LogP contribution in [0.2, 0.25) is 0 Å². The Labute approximate surface area is 169 Å². The van der Waals surface area contributed by atoms with Gasteiger partial charge in [0.1, 0.15) is 11.4 Å². The highest BCUT2D eigenvalue weighted by molar-refractivity contribution is 9.09. The minimum Gasteiger partial charge on any atom is -0.301 e. The van der Waals surface area contributed by atoms with Crippen molar-refractivity contribution in [3.8, 4) is 22.5 Å². The molecule has 0 unspecified atom stereocenters. The van der Waals surface area contributed by atoms with E-state index in [0.29, 0.717) is 11.4 Å². The van der Waals surface area contributed by atoms with Gasteiger partial charge < -0.3 is 5.32 Å². The van der Waals surface area contributed by atoms with Gasteiger partial charge in [-0.25, -0.2) is 4.98 Å². The summed E-state index contributed by atoms with van der Waals surface area (Å²) in [6.07, 6.45) is 0. The summed E-state index contributed by atoms with van der Waals surface area (Å²) < 4.78 is 0. The fraction of sp³-hybridized carbons (Fsp3) is 0.0556. The molecule has 0 spiro atoms. The topological polar surface area (TPSA) is 91.8 Å². The quantitative estimate of drug-likeness (QED) is 0.317. The lowest BCUT2D eigenvalue weighted by Crippen LogP contribution is -2.42. The Morgan fingerprint density at radius 3 is 2.11 bits per heavy atom. The van der Waals surface area contributed by atoms with Gasteiger partial charge in [0.15, 0.2) is 5.11 Å². The third kappa shape index (κ3) is 5.05. The molecule has 7 nitrogen and oxygen atoms in total. The smallest absolute Gasteiger partial charge is 0.262 e. The predicted octanol–water partition coefficient (Wildman–Crippen LogP) is 2.92. The molecular formula is C18H15BrN6OS. The number of hydrazine groups is 1. The van der Waals surface area contributed by atoms with Gasteiger partial charge in [-0.2, -0.15) is 0 Å². The molecule has 1 heterocycles. The summed E-state index contributed by atoms with van der Waals surface area (Å²) in [7, 11) is 0. The van der Waals surface area contributed by atoms with E-state index < -0.39 is 0 Å². The molecule has 0 saturated carbocycles. The number of carbonyl (C=O) groups excluding carboxylic acids is 1. The van der Waals surface area contributed by atoms with Gasteiger partial charge >= 0.3 is 0 Å². The molecule has 9 heteroatoms. The molecule has 1 aromatic heterocycles. The first-order valence-corrected chi connectivity index (χ1v) is 9.47. The highest BCUT2D eigenvalue weighted by Crippen LogP contribution is 2.28. The Morgan fingerprint density at radius 2 is 1.52 bits per heavy atom. The highest BCUT2D eigenvalue weighted by atomic mass is 79.9. The Morgan fingerprint density at radius 1 is 0.926 bits per heavy atom. The van der Waals surface area contributed by atoms with Crippen LogP contribution in [0, 0.1) is 0 Å². The van der Waals surface area contributed by atoms with Crippen molar-refractivity contribution >= 4 is 45.1 Å². The second kappa shape index (κ2) is 9.15. The first-order chi connectivity index (χ1) is 13.2. The lowest BCUT2D eigenvalue weighted by Gasteiger charge is -2.12. The molecule has 136 valence electrons. The molecule has 3 rings (SSSR count). The Balaban J connectivity index is 1.88. The lowest BCUT2D eigenvalue weighted by atomic mass is 10.0. The molecule has 0 radical (unpaired) electrons. The molecule has 0 aliphatic rings. The van der Waals surface area contributed by atoms with Gasteiger partial charge in [-0.15, -0.1) is 10.2 Å². The first-order valence-electron chi connectivity index (χ1n) is 7.94. The van der Waals surface area contributed by atoms with Crippen LogP contribution in [-0.2, 0) is 4.79 Å². The molecule has 1 amide bonds. The SMILES string of the molecule is O=C(CBr)NC(=S)NNc1nnc(-c2ccccc2)c(-c2ccccc2)n1. The van der Waals surface area contributed by atoms with Gasteiger partial charge in [0, 0.05) is 11.1 Å². The number of benzene rings is 2. The van der Waals surface area contributed by atoms with E-state index in [4.69, 9.17) is 12.2 Å². The van der Waals surface area contributed by atoms with Crippen molar-refractivity contribution in [1.82, 2.24) is 25.9 Å². The van der Waals surface area contributed by atoms with Crippen LogP contribution >= 0.6 is 28.1 Å². The van der Waals surface area contributed by atoms with E-state index in [1.165, 1.54) is 0 Å². The van der Waals surface area contributed by atoms with E-state index in [-0.39, 0.29) is 22.3 Å². The van der Waals surface area contributed by atoms with Gasteiger partial charge in [0.25, 0.3) is 5.95 Å². The second-order valence-electron chi connectivity index (χ2n) is 5.33. The molecule has 0 atom stereocenters. The number of rotatable bonds is 5. The van der Waals surface area contributed by atoms with E-state index in [9.17, 15) is 4.79 Å². The van der Waals surface area contributed by atoms with Crippen molar-refractivity contribution in [2.24, 2.45) is 0 Å². The van der Waals surface area contributed by atoms with Gasteiger partial charge in [0.05, 0.1) is 5.33 Å². The molecule has 0 aliphatic carbocycles. The van der Waals surface area contributed by atoms with Crippen LogP contribution in [0.25, 0.3) is 22.5 Å². The van der Waals surface area contributed by atoms with E-state index in [0.717, 1.165) is 11.1 Å². The van der Waals surface area contributed by atoms with E-state index in [1.54, 1.807) is 0 Å². The number of halogens is 1. The molecule has 2 aromatic carbocycles. The summed E-state index contributed by atoms with van der Waals surface area (Å²) in [5.74, 6) is -0.0401. The summed E-state index contributed by atoms with van der Waals surface area (Å²) in [5, 5.41) is 11.2. The zero-order valence-electron chi connectivity index (χ0n) is 14.0. The van der Waals surface area contributed by atoms with Gasteiger partial charge in [-0.05, 0) is 12.2 Å². The predicted molar refractivity (Wildman–Crippen MR) is 112 cm³/mol. The van der Waals surface area contributed by atoms with Crippen LogP contribution < -0.4 is 16.2 Å². The highest BCUT2D eigenvalue weighted by Gasteiger charge is 2.13. The number of hydrogen-bond acceptors (Lipinski definition) is 6. The van der Waals surface area contributed by atoms with Crippen molar-refractivity contribution in [3.05, 3.63) is 60.7 Å². The Bertz CT molecular complexity index is 939. The number of nitrogens with one attached hydrogen (secondary N) is 3. The fourth-order valence-corrected chi connectivity index (χ4v) is 2.58. The summed E-state index contributed by atoms with van der Waals surface area (Å²) in [4.78, 5) is 15.9. The van der Waals surface area contributed by atoms with Crippen molar-refractivity contribution in [1.29, 1.82) is 0 Å². The minimum absolute atomic E-state index is 0.108. The number of amides is 1. The van der Waals surface area contributed by atoms with Crippen molar-refractivity contribution in [2.75, 3.05) is 10.8 Å². The van der Waals surface area contributed by atoms with Crippen LogP contribution in [0.4, 0.5) is 5.95 Å². The van der Waals surface area contributed by atoms with Gasteiger partial charge in [-0.1, -0.05) is 76.6 Å². The van der Waals surface area contributed by atoms with Crippen LogP contribution in [0.1, 0.15) is 0 Å². The molecule has 0 fully saturated rings. The number of aromatic nitrogens is 3. The summed E-state index contributed by atoms with van der Waals surface area (Å²) in [5.41, 5.74) is 8.59. The number of anilines is 1. The molecule has 0 bridgehead atoms. The summed E-state index contributed by atoms with van der Waals surface area (Å²) in [6.45, 7) is 0. The zero-order valence-corrected chi connectivity index (χ0v) is 16.4. The second-order valence-corrected chi connectivity index (χ2v) is 6.29. The maximum absolute atomic E-state index is 11.3. The number of nitrogens with zero attached hydrogens (tertiary/aromatic N) is 3. The van der Waals surface area contributed by atoms with Crippen LogP contribution in [-0.4, -0.2) is 31.5 Å². The largest absolute Gasteiger partial charge is 0.301 e. The Kier molecular flexibility index (Phi) is 6.39. The lowest BCUT2D eigenvalue weighted by molar-refractivity contribution is -0.117. The third-order valence-corrected chi connectivity index (χ3v) is 4.16. The normalized spacial score (nSPS) is 10.1. The average Bonchev–Trinajstić information content (AvgIpc) is 2.73. The van der Waals surface area contributed by atoms with Crippen molar-refractivity contribution in [2.45, 2.75) is 0 Å². The minimum atomic E-state index is -0.266. The summed E-state index contributed by atoms with van der Waals surface area (Å²) >= 11 is 8.07. The maximum atomic E-state index is 11.3. The third-order valence-electron chi connectivity index (χ3n) is 3.44. The number of hydrogen-bond donors (Lipinski definition) is 3. The van der Waals surface area contributed by atoms with Gasteiger partial charge in [0.2, 0.25) is 5.91 Å². The molecular weight excluding hydrogens is 428 g/mol. The number of thiocarbonyl (C=S) groups is 1. The van der Waals surface area contributed by atoms with Crippen molar-refractivity contribution < 1.29 is 4.79 Å². The molecule has 0 saturated heterocycles. The van der Waals surface area contributed by atoms with Crippen LogP contribution in [0.15, 0.2) is 60.7 Å². The van der Waals surface area contributed by atoms with Crippen molar-refractivity contribution in [3.63, 3.8) is 0 Å². The molecule has 27 heavy (non-hydrogen) atoms. The Hall–Kier alpha value is -2.91. The maximum Gasteiger partial charge on any atom is 0.262 e. The monoisotopic (exact) mass is 442 g/mol. The zero-order chi connectivity index (χ0) is 19.1. The number of carbonyl (C=O) groups is 1. The molecule has 0 aliphatic heterocycles. The summed E-state index contributed by atoms with van der Waals surface area (Å²) in [6, 6.07) is 19.4. The van der Waals surface area contributed by atoms with E-state index in [2.05, 4.69) is 47.3 Å². The first kappa shape index (κ1) is 18.9. The van der Waals surface area contributed by atoms with E-state index in [1.807, 2.05) is 60.7 Å². The molecule has 3 N–H and O–H groups in total. The van der Waals surface area contributed by atoms with Crippen LogP contribution in [0.5, 0.6) is 0 Å². The standard InChI is InChI=1S/C18H15BrN6OS/c19-11-14(26)20-18(27)25-24-17-21-15(12-7-3-1-4-8-12)16(22-23-17)13-9-5-2-6-10-13/h1-10H,11H2,(H,21,23,24)(H2,20,25,26,27). The van der Waals surface area contributed by atoms with Gasteiger partial charge in [-0.3, -0.25) is 15.6 Å². The van der Waals surface area contributed by atoms with Crippen LogP contribution in [0.3, 0.4) is 0 Å².